The fraction of sp³-hybridized carbons (Fsp3) is 0.318. The average Bonchev–Trinajstić information content (AvgIpc) is 3.23. The van der Waals surface area contributed by atoms with Gasteiger partial charge in [0.1, 0.15) is 28.4 Å². The molecule has 1 heterocycles. The van der Waals surface area contributed by atoms with Crippen molar-refractivity contribution < 1.29 is 19.0 Å². The van der Waals surface area contributed by atoms with Gasteiger partial charge in [-0.05, 0) is 45.0 Å². The van der Waals surface area contributed by atoms with Gasteiger partial charge >= 0.3 is 0 Å². The topological polar surface area (TPSA) is 114 Å². The molecule has 0 radical (unpaired) electrons. The molecule has 168 valence electrons. The highest BCUT2D eigenvalue weighted by atomic mass is 35.5. The van der Waals surface area contributed by atoms with Crippen LogP contribution in [0.5, 0.6) is 11.5 Å². The molecule has 10 heteroatoms. The number of benzene rings is 2. The van der Waals surface area contributed by atoms with Gasteiger partial charge in [0, 0.05) is 17.2 Å². The summed E-state index contributed by atoms with van der Waals surface area (Å²) in [5.41, 5.74) is 7.14. The number of nitriles is 1. The second-order valence-corrected chi connectivity index (χ2v) is 8.76. The smallest absolute Gasteiger partial charge is 0.165 e. The van der Waals surface area contributed by atoms with E-state index in [1.165, 1.54) is 30.4 Å². The van der Waals surface area contributed by atoms with Crippen LogP contribution in [0.2, 0.25) is 5.02 Å². The van der Waals surface area contributed by atoms with Gasteiger partial charge in [0.05, 0.1) is 28.8 Å². The van der Waals surface area contributed by atoms with Crippen LogP contribution in [0.4, 0.5) is 4.39 Å². The molecule has 3 aromatic rings. The monoisotopic (exact) mass is 476 g/mol. The molecular weight excluding hydrogens is 455 g/mol. The molecule has 3 rings (SSSR count). The average molecular weight is 477 g/mol. The summed E-state index contributed by atoms with van der Waals surface area (Å²) >= 11 is 7.55. The van der Waals surface area contributed by atoms with E-state index in [1.54, 1.807) is 18.2 Å². The molecule has 0 amide bonds. The van der Waals surface area contributed by atoms with Crippen molar-refractivity contribution in [2.45, 2.75) is 39.0 Å². The Labute approximate surface area is 194 Å². The molecule has 0 unspecified atom stereocenters. The Kier molecular flexibility index (Phi) is 7.64. The molecule has 0 aliphatic carbocycles. The number of aromatic nitrogens is 2. The Morgan fingerprint density at radius 1 is 1.19 bits per heavy atom. The predicted molar refractivity (Wildman–Crippen MR) is 121 cm³/mol. The van der Waals surface area contributed by atoms with E-state index < -0.39 is 18.0 Å². The highest BCUT2D eigenvalue weighted by Crippen LogP contribution is 2.38. The quantitative estimate of drug-likeness (QED) is 0.494. The lowest BCUT2D eigenvalue weighted by Gasteiger charge is -2.16. The van der Waals surface area contributed by atoms with Crippen LogP contribution in [-0.4, -0.2) is 40.2 Å². The molecule has 2 atom stereocenters. The van der Waals surface area contributed by atoms with Crippen molar-refractivity contribution in [1.29, 1.82) is 5.26 Å². The molecular formula is C22H22ClFN4O3S. The third kappa shape index (κ3) is 5.53. The highest BCUT2D eigenvalue weighted by Gasteiger charge is 2.18. The van der Waals surface area contributed by atoms with Crippen molar-refractivity contribution in [3.8, 4) is 38.7 Å². The minimum Gasteiger partial charge on any atom is -0.490 e. The fourth-order valence-corrected chi connectivity index (χ4v) is 3.85. The number of halogens is 2. The molecule has 1 aromatic heterocycles. The minimum atomic E-state index is -0.792. The van der Waals surface area contributed by atoms with Gasteiger partial charge in [0.2, 0.25) is 0 Å². The van der Waals surface area contributed by atoms with E-state index in [4.69, 9.17) is 26.8 Å². The van der Waals surface area contributed by atoms with Crippen LogP contribution in [0.15, 0.2) is 30.3 Å². The van der Waals surface area contributed by atoms with Crippen LogP contribution in [0.3, 0.4) is 0 Å². The molecule has 0 aliphatic heterocycles. The van der Waals surface area contributed by atoms with Gasteiger partial charge in [0.25, 0.3) is 0 Å². The molecule has 0 saturated heterocycles. The third-order valence-electron chi connectivity index (χ3n) is 4.44. The zero-order chi connectivity index (χ0) is 23.4. The Morgan fingerprint density at radius 2 is 1.91 bits per heavy atom. The number of hydrogen-bond acceptors (Lipinski definition) is 8. The summed E-state index contributed by atoms with van der Waals surface area (Å²) < 4.78 is 25.6. The summed E-state index contributed by atoms with van der Waals surface area (Å²) in [4.78, 5) is 0. The minimum absolute atomic E-state index is 0.0622. The van der Waals surface area contributed by atoms with Crippen molar-refractivity contribution in [1.82, 2.24) is 10.2 Å². The first-order valence-corrected chi connectivity index (χ1v) is 11.0. The molecule has 32 heavy (non-hydrogen) atoms. The number of hydrogen-bond donors (Lipinski definition) is 2. The van der Waals surface area contributed by atoms with Gasteiger partial charge in [-0.15, -0.1) is 10.2 Å². The van der Waals surface area contributed by atoms with Gasteiger partial charge in [-0.25, -0.2) is 4.39 Å². The lowest BCUT2D eigenvalue weighted by atomic mass is 10.1. The van der Waals surface area contributed by atoms with Gasteiger partial charge in [0.15, 0.2) is 11.6 Å². The van der Waals surface area contributed by atoms with Gasteiger partial charge in [-0.1, -0.05) is 22.9 Å². The van der Waals surface area contributed by atoms with Gasteiger partial charge < -0.3 is 20.3 Å². The van der Waals surface area contributed by atoms with Gasteiger partial charge in [-0.3, -0.25) is 0 Å². The van der Waals surface area contributed by atoms with Crippen molar-refractivity contribution in [2.75, 3.05) is 6.61 Å². The second kappa shape index (κ2) is 10.2. The molecule has 0 bridgehead atoms. The summed E-state index contributed by atoms with van der Waals surface area (Å²) in [5.74, 6) is -0.216. The van der Waals surface area contributed by atoms with Crippen LogP contribution in [0, 0.1) is 17.1 Å². The maximum absolute atomic E-state index is 14.6. The number of nitrogens with two attached hydrogens (primary N) is 1. The Hall–Kier alpha value is -2.77. The van der Waals surface area contributed by atoms with Crippen molar-refractivity contribution >= 4 is 22.9 Å². The molecule has 2 aromatic carbocycles. The maximum Gasteiger partial charge on any atom is 0.165 e. The SMILES string of the molecule is CC(C)Oc1ccc(-c2nnc(-c3cc(F)c(OC[C@@H](N)[C@@H](C)O)cc3Cl)s2)cc1C#N. The van der Waals surface area contributed by atoms with Crippen molar-refractivity contribution in [3.05, 3.63) is 46.7 Å². The maximum atomic E-state index is 14.6. The highest BCUT2D eigenvalue weighted by molar-refractivity contribution is 7.18. The first-order valence-electron chi connectivity index (χ1n) is 9.80. The van der Waals surface area contributed by atoms with E-state index in [1.807, 2.05) is 13.8 Å². The van der Waals surface area contributed by atoms with E-state index in [0.29, 0.717) is 32.5 Å². The van der Waals surface area contributed by atoms with E-state index in [9.17, 15) is 14.8 Å². The van der Waals surface area contributed by atoms with Crippen LogP contribution >= 0.6 is 22.9 Å². The summed E-state index contributed by atoms with van der Waals surface area (Å²) in [6.07, 6.45) is -0.854. The standard InChI is InChI=1S/C22H22ClFN4O3S/c1-11(2)31-19-5-4-13(6-14(19)9-25)21-27-28-22(32-21)15-7-17(24)20(8-16(15)23)30-10-18(26)12(3)29/h4-8,11-12,18,29H,10,26H2,1-3H3/t12-,18-/m1/s1. The first kappa shape index (κ1) is 23.9. The Balaban J connectivity index is 1.85. The number of nitrogens with zero attached hydrogens (tertiary/aromatic N) is 3. The molecule has 7 nitrogen and oxygen atoms in total. The van der Waals surface area contributed by atoms with E-state index in [0.717, 1.165) is 0 Å². The van der Waals surface area contributed by atoms with Crippen LogP contribution in [0.25, 0.3) is 21.1 Å². The number of rotatable bonds is 8. The van der Waals surface area contributed by atoms with Crippen LogP contribution in [0.1, 0.15) is 26.3 Å². The van der Waals surface area contributed by atoms with Gasteiger partial charge in [-0.2, -0.15) is 5.26 Å². The zero-order valence-corrected chi connectivity index (χ0v) is 19.2. The number of ether oxygens (including phenoxy) is 2. The lowest BCUT2D eigenvalue weighted by Crippen LogP contribution is -2.38. The fourth-order valence-electron chi connectivity index (χ4n) is 2.68. The summed E-state index contributed by atoms with van der Waals surface area (Å²) in [5, 5.41) is 28.3. The van der Waals surface area contributed by atoms with E-state index >= 15 is 0 Å². The normalized spacial score (nSPS) is 13.0. The second-order valence-electron chi connectivity index (χ2n) is 7.38. The lowest BCUT2D eigenvalue weighted by molar-refractivity contribution is 0.129. The molecule has 0 fully saturated rings. The van der Waals surface area contributed by atoms with E-state index in [-0.39, 0.29) is 23.5 Å². The third-order valence-corrected chi connectivity index (χ3v) is 5.76. The van der Waals surface area contributed by atoms with Crippen LogP contribution < -0.4 is 15.2 Å². The molecule has 3 N–H and O–H groups in total. The Morgan fingerprint density at radius 3 is 2.56 bits per heavy atom. The summed E-state index contributed by atoms with van der Waals surface area (Å²) in [6, 6.07) is 9.19. The predicted octanol–water partition coefficient (Wildman–Crippen LogP) is 4.41. The largest absolute Gasteiger partial charge is 0.490 e. The van der Waals surface area contributed by atoms with Crippen LogP contribution in [-0.2, 0) is 0 Å². The van der Waals surface area contributed by atoms with Crippen molar-refractivity contribution in [3.63, 3.8) is 0 Å². The van der Waals surface area contributed by atoms with Crippen molar-refractivity contribution in [2.24, 2.45) is 5.73 Å². The number of aliphatic hydroxyl groups is 1. The molecule has 0 aliphatic rings. The molecule has 0 saturated carbocycles. The Bertz CT molecular complexity index is 1150. The first-order chi connectivity index (χ1) is 15.2. The summed E-state index contributed by atoms with van der Waals surface area (Å²) in [7, 11) is 0. The summed E-state index contributed by atoms with van der Waals surface area (Å²) in [6.45, 7) is 5.22. The molecule has 0 spiro atoms. The van der Waals surface area contributed by atoms with E-state index in [2.05, 4.69) is 16.3 Å². The number of aliphatic hydroxyl groups excluding tert-OH is 1. The zero-order valence-electron chi connectivity index (χ0n) is 17.7.